The van der Waals surface area contributed by atoms with Gasteiger partial charge >= 0.3 is 0 Å². The molecule has 0 radical (unpaired) electrons. The number of rotatable bonds is 7. The Morgan fingerprint density at radius 2 is 1.96 bits per heavy atom. The van der Waals surface area contributed by atoms with E-state index in [-0.39, 0.29) is 0 Å². The Hall–Kier alpha value is -3.24. The van der Waals surface area contributed by atoms with Crippen molar-refractivity contribution in [3.63, 3.8) is 0 Å². The van der Waals surface area contributed by atoms with Crippen molar-refractivity contribution in [2.45, 2.75) is 26.4 Å². The van der Waals surface area contributed by atoms with E-state index in [0.29, 0.717) is 18.9 Å². The molecule has 0 amide bonds. The molecule has 138 valence electrons. The molecule has 3 aromatic rings. The average Bonchev–Trinajstić information content (AvgIpc) is 3.11. The first kappa shape index (κ1) is 18.5. The van der Waals surface area contributed by atoms with Gasteiger partial charge in [-0.3, -0.25) is 4.68 Å². The van der Waals surface area contributed by atoms with Gasteiger partial charge in [-0.2, -0.15) is 10.4 Å². The minimum absolute atomic E-state index is 0.431. The molecule has 2 heterocycles. The molecule has 0 atom stereocenters. The fourth-order valence-corrected chi connectivity index (χ4v) is 2.75. The summed E-state index contributed by atoms with van der Waals surface area (Å²) in [6.45, 7) is 3.45. The molecule has 0 saturated carbocycles. The van der Waals surface area contributed by atoms with Gasteiger partial charge < -0.3 is 10.2 Å². The van der Waals surface area contributed by atoms with E-state index in [0.717, 1.165) is 29.1 Å². The Bertz CT molecular complexity index is 936. The van der Waals surface area contributed by atoms with Gasteiger partial charge in [-0.15, -0.1) is 0 Å². The number of nitrogens with zero attached hydrogens (tertiary/aromatic N) is 6. The molecule has 0 aliphatic carbocycles. The molecule has 1 N–H and O–H groups in total. The summed E-state index contributed by atoms with van der Waals surface area (Å²) in [7, 11) is 4.10. The zero-order valence-electron chi connectivity index (χ0n) is 15.8. The molecule has 0 fully saturated rings. The zero-order valence-corrected chi connectivity index (χ0v) is 15.8. The van der Waals surface area contributed by atoms with Crippen molar-refractivity contribution in [2.24, 2.45) is 0 Å². The predicted molar refractivity (Wildman–Crippen MR) is 105 cm³/mol. The molecule has 7 heteroatoms. The summed E-state index contributed by atoms with van der Waals surface area (Å²) in [4.78, 5) is 11.2. The fourth-order valence-electron chi connectivity index (χ4n) is 2.75. The SMILES string of the molecule is Cc1cnc(Nc2ccc(CN(C)C)cc2)nc1-c1cnn(CCC#N)c1. The smallest absolute Gasteiger partial charge is 0.227 e. The van der Waals surface area contributed by atoms with E-state index in [1.54, 1.807) is 17.1 Å². The normalized spacial score (nSPS) is 10.8. The number of hydrogen-bond acceptors (Lipinski definition) is 6. The lowest BCUT2D eigenvalue weighted by atomic mass is 10.1. The second kappa shape index (κ2) is 8.43. The number of aryl methyl sites for hydroxylation is 2. The number of hydrogen-bond donors (Lipinski definition) is 1. The molecule has 0 unspecified atom stereocenters. The highest BCUT2D eigenvalue weighted by Gasteiger charge is 2.09. The Morgan fingerprint density at radius 1 is 1.19 bits per heavy atom. The fraction of sp³-hybridized carbons (Fsp3) is 0.300. The third-order valence-electron chi connectivity index (χ3n) is 4.04. The lowest BCUT2D eigenvalue weighted by molar-refractivity contribution is 0.402. The van der Waals surface area contributed by atoms with Crippen LogP contribution in [0.25, 0.3) is 11.3 Å². The van der Waals surface area contributed by atoms with Crippen molar-refractivity contribution in [1.29, 1.82) is 5.26 Å². The summed E-state index contributed by atoms with van der Waals surface area (Å²) in [6.07, 6.45) is 5.91. The second-order valence-electron chi connectivity index (χ2n) is 6.69. The maximum absolute atomic E-state index is 8.71. The van der Waals surface area contributed by atoms with Crippen LogP contribution in [0, 0.1) is 18.3 Å². The topological polar surface area (TPSA) is 82.7 Å². The minimum Gasteiger partial charge on any atom is -0.324 e. The number of anilines is 2. The number of nitrogens with one attached hydrogen (secondary N) is 1. The van der Waals surface area contributed by atoms with Crippen molar-refractivity contribution in [1.82, 2.24) is 24.6 Å². The van der Waals surface area contributed by atoms with Crippen LogP contribution in [-0.2, 0) is 13.1 Å². The van der Waals surface area contributed by atoms with Gasteiger partial charge in [0, 0.05) is 30.2 Å². The molecule has 27 heavy (non-hydrogen) atoms. The number of nitriles is 1. The quantitative estimate of drug-likeness (QED) is 0.695. The zero-order chi connectivity index (χ0) is 19.2. The van der Waals surface area contributed by atoms with Gasteiger partial charge in [-0.05, 0) is 44.3 Å². The van der Waals surface area contributed by atoms with Crippen LogP contribution in [0.5, 0.6) is 0 Å². The van der Waals surface area contributed by atoms with E-state index >= 15 is 0 Å². The predicted octanol–water partition coefficient (Wildman–Crippen LogP) is 3.37. The van der Waals surface area contributed by atoms with Gasteiger partial charge in [0.05, 0.1) is 30.9 Å². The van der Waals surface area contributed by atoms with Crippen LogP contribution in [-0.4, -0.2) is 38.7 Å². The van der Waals surface area contributed by atoms with Gasteiger partial charge in [-0.1, -0.05) is 12.1 Å². The standard InChI is InChI=1S/C20H23N7/c1-15-11-22-20(24-18-7-5-16(6-8-18)13-26(2)3)25-19(15)17-12-23-27(14-17)10-4-9-21/h5-8,11-12,14H,4,10,13H2,1-3H3,(H,22,24,25). The molecule has 3 rings (SSSR count). The van der Waals surface area contributed by atoms with Crippen LogP contribution in [0.15, 0.2) is 42.9 Å². The first-order valence-electron chi connectivity index (χ1n) is 8.79. The van der Waals surface area contributed by atoms with Gasteiger partial charge in [-0.25, -0.2) is 9.97 Å². The van der Waals surface area contributed by atoms with E-state index in [4.69, 9.17) is 5.26 Å². The molecular formula is C20H23N7. The van der Waals surface area contributed by atoms with Crippen molar-refractivity contribution >= 4 is 11.6 Å². The highest BCUT2D eigenvalue weighted by Crippen LogP contribution is 2.23. The van der Waals surface area contributed by atoms with Gasteiger partial charge in [0.1, 0.15) is 0 Å². The molecule has 0 saturated heterocycles. The summed E-state index contributed by atoms with van der Waals surface area (Å²) >= 11 is 0. The number of benzene rings is 1. The van der Waals surface area contributed by atoms with E-state index in [1.165, 1.54) is 5.56 Å². The van der Waals surface area contributed by atoms with Crippen LogP contribution in [0.3, 0.4) is 0 Å². The third-order valence-corrected chi connectivity index (χ3v) is 4.04. The summed E-state index contributed by atoms with van der Waals surface area (Å²) in [5, 5.41) is 16.3. The summed E-state index contributed by atoms with van der Waals surface area (Å²) in [5.41, 5.74) is 4.91. The Kier molecular flexibility index (Phi) is 5.79. The molecule has 0 aliphatic heterocycles. The summed E-state index contributed by atoms with van der Waals surface area (Å²) in [6, 6.07) is 10.4. The molecule has 2 aromatic heterocycles. The minimum atomic E-state index is 0.431. The van der Waals surface area contributed by atoms with Crippen molar-refractivity contribution in [2.75, 3.05) is 19.4 Å². The molecule has 0 bridgehead atoms. The molecular weight excluding hydrogens is 338 g/mol. The van der Waals surface area contributed by atoms with Crippen molar-refractivity contribution < 1.29 is 0 Å². The van der Waals surface area contributed by atoms with E-state index in [2.05, 4.69) is 57.6 Å². The van der Waals surface area contributed by atoms with Gasteiger partial charge in [0.25, 0.3) is 0 Å². The van der Waals surface area contributed by atoms with E-state index < -0.39 is 0 Å². The van der Waals surface area contributed by atoms with Crippen LogP contribution in [0.1, 0.15) is 17.5 Å². The third kappa shape index (κ3) is 4.90. The highest BCUT2D eigenvalue weighted by molar-refractivity contribution is 5.63. The maximum atomic E-state index is 8.71. The van der Waals surface area contributed by atoms with Gasteiger partial charge in [0.15, 0.2) is 0 Å². The second-order valence-corrected chi connectivity index (χ2v) is 6.69. The Labute approximate surface area is 159 Å². The van der Waals surface area contributed by atoms with Crippen LogP contribution in [0.2, 0.25) is 0 Å². The van der Waals surface area contributed by atoms with Crippen molar-refractivity contribution in [3.8, 4) is 17.3 Å². The van der Waals surface area contributed by atoms with Crippen molar-refractivity contribution in [3.05, 3.63) is 54.0 Å². The average molecular weight is 361 g/mol. The molecule has 7 nitrogen and oxygen atoms in total. The van der Waals surface area contributed by atoms with Crippen LogP contribution >= 0.6 is 0 Å². The Balaban J connectivity index is 1.77. The Morgan fingerprint density at radius 3 is 2.67 bits per heavy atom. The highest BCUT2D eigenvalue weighted by atomic mass is 15.3. The van der Waals surface area contributed by atoms with Crippen LogP contribution in [0.4, 0.5) is 11.6 Å². The summed E-state index contributed by atoms with van der Waals surface area (Å²) < 4.78 is 1.76. The lowest BCUT2D eigenvalue weighted by Crippen LogP contribution is -2.10. The number of aromatic nitrogens is 4. The lowest BCUT2D eigenvalue weighted by Gasteiger charge is -2.11. The molecule has 1 aromatic carbocycles. The summed E-state index contributed by atoms with van der Waals surface area (Å²) in [5.74, 6) is 0.542. The van der Waals surface area contributed by atoms with E-state index in [9.17, 15) is 0 Å². The first-order chi connectivity index (χ1) is 13.0. The monoisotopic (exact) mass is 361 g/mol. The molecule has 0 spiro atoms. The van der Waals surface area contributed by atoms with E-state index in [1.807, 2.05) is 25.3 Å². The largest absolute Gasteiger partial charge is 0.324 e. The molecule has 0 aliphatic rings. The first-order valence-corrected chi connectivity index (χ1v) is 8.79. The van der Waals surface area contributed by atoms with Crippen LogP contribution < -0.4 is 5.32 Å². The van der Waals surface area contributed by atoms with Gasteiger partial charge in [0.2, 0.25) is 5.95 Å². The maximum Gasteiger partial charge on any atom is 0.227 e.